The highest BCUT2D eigenvalue weighted by Crippen LogP contribution is 2.40. The summed E-state index contributed by atoms with van der Waals surface area (Å²) in [5, 5.41) is 0. The van der Waals surface area contributed by atoms with Crippen LogP contribution in [0.1, 0.15) is 11.1 Å². The molecule has 0 saturated carbocycles. The molecule has 0 atom stereocenters. The third-order valence-corrected chi connectivity index (χ3v) is 3.78. The van der Waals surface area contributed by atoms with Crippen LogP contribution in [0.2, 0.25) is 0 Å². The smallest absolute Gasteiger partial charge is 0.131 e. The maximum atomic E-state index is 6.04. The Morgan fingerprint density at radius 1 is 0.650 bits per heavy atom. The van der Waals surface area contributed by atoms with Crippen LogP contribution in [0.4, 0.5) is 0 Å². The van der Waals surface area contributed by atoms with Crippen LogP contribution in [0.5, 0.6) is 11.5 Å². The number of fused-ring (bicyclic) bond motifs is 2. The van der Waals surface area contributed by atoms with E-state index in [1.807, 2.05) is 18.2 Å². The first kappa shape index (κ1) is 11.3. The fourth-order valence-corrected chi connectivity index (χ4v) is 2.79. The molecule has 0 aliphatic carbocycles. The summed E-state index contributed by atoms with van der Waals surface area (Å²) in [6, 6.07) is 25.0. The third kappa shape index (κ3) is 1.79. The molecule has 0 spiro atoms. The Morgan fingerprint density at radius 3 is 2.30 bits per heavy atom. The van der Waals surface area contributed by atoms with Crippen LogP contribution < -0.4 is 4.74 Å². The highest BCUT2D eigenvalue weighted by molar-refractivity contribution is 5.72. The molecule has 0 unspecified atom stereocenters. The second kappa shape index (κ2) is 4.53. The zero-order valence-corrected chi connectivity index (χ0v) is 11.0. The number of rotatable bonds is 1. The number of benzene rings is 3. The van der Waals surface area contributed by atoms with Gasteiger partial charge in [-0.05, 0) is 28.8 Å². The zero-order chi connectivity index (χ0) is 13.4. The lowest BCUT2D eigenvalue weighted by Crippen LogP contribution is -2.04. The lowest BCUT2D eigenvalue weighted by Gasteiger charge is -2.22. The average Bonchev–Trinajstić information content (AvgIpc) is 2.53. The van der Waals surface area contributed by atoms with Crippen molar-refractivity contribution >= 4 is 0 Å². The standard InChI is InChI=1S/C19H14O/c1-2-7-14(8-3-1)16-10-6-12-19-17(16)13-15-9-4-5-11-18(15)20-19/h1-12H,13H2. The van der Waals surface area contributed by atoms with Crippen molar-refractivity contribution in [3.63, 3.8) is 0 Å². The molecule has 0 radical (unpaired) electrons. The first-order valence-corrected chi connectivity index (χ1v) is 6.85. The minimum Gasteiger partial charge on any atom is -0.457 e. The van der Waals surface area contributed by atoms with Gasteiger partial charge in [0.15, 0.2) is 0 Å². The highest BCUT2D eigenvalue weighted by Gasteiger charge is 2.19. The summed E-state index contributed by atoms with van der Waals surface area (Å²) < 4.78 is 6.04. The lowest BCUT2D eigenvalue weighted by molar-refractivity contribution is 0.460. The Balaban J connectivity index is 1.87. The summed E-state index contributed by atoms with van der Waals surface area (Å²) in [4.78, 5) is 0. The second-order valence-electron chi connectivity index (χ2n) is 5.03. The molecule has 3 aromatic carbocycles. The van der Waals surface area contributed by atoms with Gasteiger partial charge in [0.25, 0.3) is 0 Å². The molecule has 0 bridgehead atoms. The monoisotopic (exact) mass is 258 g/mol. The maximum Gasteiger partial charge on any atom is 0.131 e. The van der Waals surface area contributed by atoms with Crippen molar-refractivity contribution < 1.29 is 4.74 Å². The van der Waals surface area contributed by atoms with Crippen molar-refractivity contribution in [1.82, 2.24) is 0 Å². The minimum absolute atomic E-state index is 0.927. The topological polar surface area (TPSA) is 9.23 Å². The summed E-state index contributed by atoms with van der Waals surface area (Å²) in [5.41, 5.74) is 5.03. The van der Waals surface area contributed by atoms with Gasteiger partial charge in [0.05, 0.1) is 0 Å². The summed E-state index contributed by atoms with van der Waals surface area (Å²) in [6.07, 6.45) is 0.927. The molecule has 0 N–H and O–H groups in total. The minimum atomic E-state index is 0.927. The summed E-state index contributed by atoms with van der Waals surface area (Å²) >= 11 is 0. The predicted octanol–water partition coefficient (Wildman–Crippen LogP) is 5.05. The van der Waals surface area contributed by atoms with Gasteiger partial charge in [-0.2, -0.15) is 0 Å². The molecule has 0 amide bonds. The van der Waals surface area contributed by atoms with Crippen molar-refractivity contribution in [1.29, 1.82) is 0 Å². The number of hydrogen-bond donors (Lipinski definition) is 0. The van der Waals surface area contributed by atoms with E-state index >= 15 is 0 Å². The van der Waals surface area contributed by atoms with Crippen molar-refractivity contribution in [2.24, 2.45) is 0 Å². The average molecular weight is 258 g/mol. The molecule has 1 heterocycles. The molecule has 1 aliphatic rings. The Morgan fingerprint density at radius 2 is 1.40 bits per heavy atom. The van der Waals surface area contributed by atoms with E-state index in [4.69, 9.17) is 4.74 Å². The molecule has 1 aliphatic heterocycles. The molecular formula is C19H14O. The fraction of sp³-hybridized carbons (Fsp3) is 0.0526. The van der Waals surface area contributed by atoms with Crippen molar-refractivity contribution in [3.05, 3.63) is 83.9 Å². The Bertz CT molecular complexity index is 760. The normalized spacial score (nSPS) is 12.2. The quantitative estimate of drug-likeness (QED) is 0.464. The second-order valence-corrected chi connectivity index (χ2v) is 5.03. The Kier molecular flexibility index (Phi) is 2.56. The van der Waals surface area contributed by atoms with Crippen molar-refractivity contribution in [2.75, 3.05) is 0 Å². The molecule has 0 saturated heterocycles. The largest absolute Gasteiger partial charge is 0.457 e. The van der Waals surface area contributed by atoms with Gasteiger partial charge in [-0.25, -0.2) is 0 Å². The van der Waals surface area contributed by atoms with E-state index < -0.39 is 0 Å². The van der Waals surface area contributed by atoms with Crippen LogP contribution in [0.25, 0.3) is 11.1 Å². The number of ether oxygens (including phenoxy) is 1. The van der Waals surface area contributed by atoms with Crippen molar-refractivity contribution in [2.45, 2.75) is 6.42 Å². The molecule has 3 aromatic rings. The van der Waals surface area contributed by atoms with Crippen LogP contribution in [0.15, 0.2) is 72.8 Å². The van der Waals surface area contributed by atoms with E-state index in [0.29, 0.717) is 0 Å². The predicted molar refractivity (Wildman–Crippen MR) is 81.2 cm³/mol. The van der Waals surface area contributed by atoms with Crippen LogP contribution in [0, 0.1) is 0 Å². The Labute approximate surface area is 118 Å². The van der Waals surface area contributed by atoms with Crippen LogP contribution >= 0.6 is 0 Å². The van der Waals surface area contributed by atoms with Gasteiger partial charge in [0.2, 0.25) is 0 Å². The van der Waals surface area contributed by atoms with Crippen LogP contribution in [-0.4, -0.2) is 0 Å². The van der Waals surface area contributed by atoms with Gasteiger partial charge < -0.3 is 4.74 Å². The highest BCUT2D eigenvalue weighted by atomic mass is 16.5. The Hall–Kier alpha value is -2.54. The van der Waals surface area contributed by atoms with Gasteiger partial charge in [-0.15, -0.1) is 0 Å². The van der Waals surface area contributed by atoms with Gasteiger partial charge in [0, 0.05) is 12.0 Å². The van der Waals surface area contributed by atoms with Gasteiger partial charge in [-0.1, -0.05) is 60.7 Å². The number of hydrogen-bond acceptors (Lipinski definition) is 1. The molecule has 1 nitrogen and oxygen atoms in total. The molecule has 4 rings (SSSR count). The van der Waals surface area contributed by atoms with Gasteiger partial charge in [-0.3, -0.25) is 0 Å². The summed E-state index contributed by atoms with van der Waals surface area (Å²) in [7, 11) is 0. The summed E-state index contributed by atoms with van der Waals surface area (Å²) in [6.45, 7) is 0. The van der Waals surface area contributed by atoms with Gasteiger partial charge >= 0.3 is 0 Å². The SMILES string of the molecule is c1ccc(-c2cccc3c2Cc2ccccc2O3)cc1. The van der Waals surface area contributed by atoms with E-state index in [1.165, 1.54) is 22.3 Å². The zero-order valence-electron chi connectivity index (χ0n) is 11.0. The first-order chi connectivity index (χ1) is 9.92. The third-order valence-electron chi connectivity index (χ3n) is 3.78. The lowest BCUT2D eigenvalue weighted by atomic mass is 9.92. The van der Waals surface area contributed by atoms with E-state index in [1.54, 1.807) is 0 Å². The molecule has 96 valence electrons. The molecular weight excluding hydrogens is 244 g/mol. The van der Waals surface area contributed by atoms with Crippen LogP contribution in [-0.2, 0) is 6.42 Å². The van der Waals surface area contributed by atoms with Crippen LogP contribution in [0.3, 0.4) is 0 Å². The van der Waals surface area contributed by atoms with Crippen molar-refractivity contribution in [3.8, 4) is 22.6 Å². The number of para-hydroxylation sites is 1. The van der Waals surface area contributed by atoms with E-state index in [0.717, 1.165) is 17.9 Å². The molecule has 0 aromatic heterocycles. The fourth-order valence-electron chi connectivity index (χ4n) is 2.79. The first-order valence-electron chi connectivity index (χ1n) is 6.85. The van der Waals surface area contributed by atoms with E-state index in [-0.39, 0.29) is 0 Å². The maximum absolute atomic E-state index is 6.04. The van der Waals surface area contributed by atoms with E-state index in [9.17, 15) is 0 Å². The molecule has 0 fully saturated rings. The molecule has 20 heavy (non-hydrogen) atoms. The summed E-state index contributed by atoms with van der Waals surface area (Å²) in [5.74, 6) is 1.95. The van der Waals surface area contributed by atoms with E-state index in [2.05, 4.69) is 54.6 Å². The van der Waals surface area contributed by atoms with Gasteiger partial charge in [0.1, 0.15) is 11.5 Å². The molecule has 1 heteroatoms.